The maximum atomic E-state index is 4.58. The van der Waals surface area contributed by atoms with E-state index in [1.807, 2.05) is 19.3 Å². The molecule has 2 heteroatoms. The zero-order valence-electron chi connectivity index (χ0n) is 11.3. The molecule has 0 aliphatic rings. The molecule has 1 aromatic carbocycles. The lowest BCUT2D eigenvalue weighted by Gasteiger charge is -2.20. The average molecular weight is 240 g/mol. The van der Waals surface area contributed by atoms with Gasteiger partial charge in [-0.05, 0) is 43.1 Å². The van der Waals surface area contributed by atoms with Crippen molar-refractivity contribution in [3.05, 3.63) is 65.0 Å². The second-order valence-electron chi connectivity index (χ2n) is 4.48. The lowest BCUT2D eigenvalue weighted by molar-refractivity contribution is 0.658. The van der Waals surface area contributed by atoms with Gasteiger partial charge in [0, 0.05) is 6.20 Å². The van der Waals surface area contributed by atoms with Crippen LogP contribution in [0.25, 0.3) is 0 Å². The van der Waals surface area contributed by atoms with Crippen LogP contribution < -0.4 is 5.32 Å². The SMILES string of the molecule is CCc1cccnc1C(NC)c1ccccc1C. The summed E-state index contributed by atoms with van der Waals surface area (Å²) in [5, 5.41) is 3.39. The van der Waals surface area contributed by atoms with Gasteiger partial charge in [-0.15, -0.1) is 0 Å². The summed E-state index contributed by atoms with van der Waals surface area (Å²) in [6, 6.07) is 12.8. The minimum absolute atomic E-state index is 0.169. The highest BCUT2D eigenvalue weighted by Crippen LogP contribution is 2.25. The summed E-state index contributed by atoms with van der Waals surface area (Å²) in [6.07, 6.45) is 2.88. The van der Waals surface area contributed by atoms with E-state index in [0.717, 1.165) is 12.1 Å². The molecule has 0 saturated heterocycles. The number of rotatable bonds is 4. The van der Waals surface area contributed by atoms with Gasteiger partial charge in [-0.3, -0.25) is 4.98 Å². The average Bonchev–Trinajstić information content (AvgIpc) is 2.42. The zero-order chi connectivity index (χ0) is 13.0. The van der Waals surface area contributed by atoms with Crippen molar-refractivity contribution >= 4 is 0 Å². The highest BCUT2D eigenvalue weighted by molar-refractivity contribution is 5.37. The number of aryl methyl sites for hydroxylation is 2. The molecule has 1 heterocycles. The molecular formula is C16H20N2. The number of nitrogens with one attached hydrogen (secondary N) is 1. The van der Waals surface area contributed by atoms with Crippen molar-refractivity contribution < 1.29 is 0 Å². The van der Waals surface area contributed by atoms with E-state index in [9.17, 15) is 0 Å². The summed E-state index contributed by atoms with van der Waals surface area (Å²) in [5.41, 5.74) is 5.04. The predicted molar refractivity (Wildman–Crippen MR) is 75.7 cm³/mol. The van der Waals surface area contributed by atoms with Crippen LogP contribution in [0, 0.1) is 6.92 Å². The Kier molecular flexibility index (Phi) is 4.11. The van der Waals surface area contributed by atoms with Gasteiger partial charge >= 0.3 is 0 Å². The number of benzene rings is 1. The van der Waals surface area contributed by atoms with Crippen molar-refractivity contribution in [1.29, 1.82) is 0 Å². The quantitative estimate of drug-likeness (QED) is 0.887. The second-order valence-corrected chi connectivity index (χ2v) is 4.48. The summed E-state index contributed by atoms with van der Waals surface area (Å²) in [7, 11) is 1.99. The predicted octanol–water partition coefficient (Wildman–Crippen LogP) is 3.26. The topological polar surface area (TPSA) is 24.9 Å². The van der Waals surface area contributed by atoms with Gasteiger partial charge in [-0.2, -0.15) is 0 Å². The minimum atomic E-state index is 0.169. The molecule has 1 aromatic heterocycles. The Hall–Kier alpha value is -1.67. The van der Waals surface area contributed by atoms with Crippen molar-refractivity contribution in [3.8, 4) is 0 Å². The molecule has 0 saturated carbocycles. The number of hydrogen-bond donors (Lipinski definition) is 1. The summed E-state index contributed by atoms with van der Waals surface area (Å²) in [5.74, 6) is 0. The van der Waals surface area contributed by atoms with Gasteiger partial charge in [0.05, 0.1) is 11.7 Å². The number of hydrogen-bond acceptors (Lipinski definition) is 2. The Morgan fingerprint density at radius 2 is 1.94 bits per heavy atom. The lowest BCUT2D eigenvalue weighted by atomic mass is 9.95. The monoisotopic (exact) mass is 240 g/mol. The molecule has 0 aliphatic carbocycles. The molecule has 0 bridgehead atoms. The Balaban J connectivity index is 2.49. The van der Waals surface area contributed by atoms with Crippen LogP contribution in [-0.2, 0) is 6.42 Å². The maximum Gasteiger partial charge on any atom is 0.0754 e. The van der Waals surface area contributed by atoms with Crippen LogP contribution in [-0.4, -0.2) is 12.0 Å². The number of pyridine rings is 1. The van der Waals surface area contributed by atoms with Gasteiger partial charge in [0.2, 0.25) is 0 Å². The van der Waals surface area contributed by atoms with E-state index in [-0.39, 0.29) is 6.04 Å². The Labute approximate surface area is 109 Å². The summed E-state index contributed by atoms with van der Waals surface area (Å²) in [6.45, 7) is 4.32. The Morgan fingerprint density at radius 3 is 2.61 bits per heavy atom. The first-order chi connectivity index (χ1) is 8.77. The molecule has 0 radical (unpaired) electrons. The van der Waals surface area contributed by atoms with Gasteiger partial charge in [0.1, 0.15) is 0 Å². The third-order valence-corrected chi connectivity index (χ3v) is 3.37. The van der Waals surface area contributed by atoms with Crippen LogP contribution in [0.4, 0.5) is 0 Å². The van der Waals surface area contributed by atoms with Crippen LogP contribution in [0.1, 0.15) is 35.3 Å². The standard InChI is InChI=1S/C16H20N2/c1-4-13-9-7-11-18-15(13)16(17-3)14-10-6-5-8-12(14)2/h5-11,16-17H,4H2,1-3H3. The Morgan fingerprint density at radius 1 is 1.17 bits per heavy atom. The molecule has 1 atom stereocenters. The number of nitrogens with zero attached hydrogens (tertiary/aromatic N) is 1. The summed E-state index contributed by atoms with van der Waals surface area (Å²) in [4.78, 5) is 4.58. The highest BCUT2D eigenvalue weighted by atomic mass is 14.9. The lowest BCUT2D eigenvalue weighted by Crippen LogP contribution is -2.21. The van der Waals surface area contributed by atoms with Crippen LogP contribution in [0.15, 0.2) is 42.6 Å². The van der Waals surface area contributed by atoms with Crippen LogP contribution >= 0.6 is 0 Å². The first kappa shape index (κ1) is 12.8. The van der Waals surface area contributed by atoms with Gasteiger partial charge < -0.3 is 5.32 Å². The van der Waals surface area contributed by atoms with Crippen molar-refractivity contribution in [1.82, 2.24) is 10.3 Å². The molecule has 94 valence electrons. The third-order valence-electron chi connectivity index (χ3n) is 3.37. The van der Waals surface area contributed by atoms with E-state index in [1.165, 1.54) is 16.7 Å². The van der Waals surface area contributed by atoms with E-state index in [2.05, 4.69) is 54.5 Å². The van der Waals surface area contributed by atoms with Crippen molar-refractivity contribution in [3.63, 3.8) is 0 Å². The van der Waals surface area contributed by atoms with E-state index >= 15 is 0 Å². The third kappa shape index (κ3) is 2.44. The first-order valence-corrected chi connectivity index (χ1v) is 6.44. The molecule has 0 spiro atoms. The normalized spacial score (nSPS) is 12.4. The fraction of sp³-hybridized carbons (Fsp3) is 0.312. The van der Waals surface area contributed by atoms with E-state index in [1.54, 1.807) is 0 Å². The fourth-order valence-electron chi connectivity index (χ4n) is 2.36. The molecule has 0 fully saturated rings. The molecule has 1 unspecified atom stereocenters. The van der Waals surface area contributed by atoms with Crippen LogP contribution in [0.3, 0.4) is 0 Å². The van der Waals surface area contributed by atoms with Crippen molar-refractivity contribution in [2.45, 2.75) is 26.3 Å². The maximum absolute atomic E-state index is 4.58. The first-order valence-electron chi connectivity index (χ1n) is 6.44. The van der Waals surface area contributed by atoms with Crippen LogP contribution in [0.5, 0.6) is 0 Å². The van der Waals surface area contributed by atoms with E-state index < -0.39 is 0 Å². The minimum Gasteiger partial charge on any atom is -0.308 e. The molecule has 0 amide bonds. The van der Waals surface area contributed by atoms with Gasteiger partial charge in [0.15, 0.2) is 0 Å². The molecular weight excluding hydrogens is 220 g/mol. The fourth-order valence-corrected chi connectivity index (χ4v) is 2.36. The zero-order valence-corrected chi connectivity index (χ0v) is 11.3. The second kappa shape index (κ2) is 5.78. The molecule has 1 N–H and O–H groups in total. The molecule has 2 nitrogen and oxygen atoms in total. The van der Waals surface area contributed by atoms with Gasteiger partial charge in [0.25, 0.3) is 0 Å². The largest absolute Gasteiger partial charge is 0.308 e. The number of aromatic nitrogens is 1. The summed E-state index contributed by atoms with van der Waals surface area (Å²) >= 11 is 0. The smallest absolute Gasteiger partial charge is 0.0754 e. The summed E-state index contributed by atoms with van der Waals surface area (Å²) < 4.78 is 0. The van der Waals surface area contributed by atoms with E-state index in [4.69, 9.17) is 0 Å². The molecule has 2 aromatic rings. The van der Waals surface area contributed by atoms with Gasteiger partial charge in [-0.25, -0.2) is 0 Å². The van der Waals surface area contributed by atoms with Crippen LogP contribution in [0.2, 0.25) is 0 Å². The van der Waals surface area contributed by atoms with Crippen molar-refractivity contribution in [2.75, 3.05) is 7.05 Å². The van der Waals surface area contributed by atoms with Gasteiger partial charge in [-0.1, -0.05) is 37.3 Å². The molecule has 2 rings (SSSR count). The molecule has 18 heavy (non-hydrogen) atoms. The van der Waals surface area contributed by atoms with Crippen molar-refractivity contribution in [2.24, 2.45) is 0 Å². The Bertz CT molecular complexity index is 520. The molecule has 0 aliphatic heterocycles. The van der Waals surface area contributed by atoms with E-state index in [0.29, 0.717) is 0 Å². The highest BCUT2D eigenvalue weighted by Gasteiger charge is 2.17.